The number of methoxy groups -OCH3 is 2. The summed E-state index contributed by atoms with van der Waals surface area (Å²) in [5.41, 5.74) is 2.08. The van der Waals surface area contributed by atoms with E-state index >= 15 is 0 Å². The monoisotopic (exact) mass is 283 g/mol. The van der Waals surface area contributed by atoms with Crippen LogP contribution in [0.5, 0.6) is 11.5 Å². The number of ether oxygens (including phenoxy) is 2. The molecule has 0 spiro atoms. The van der Waals surface area contributed by atoms with Crippen LogP contribution in [-0.4, -0.2) is 43.8 Å². The second kappa shape index (κ2) is 7.31. The molecule has 1 rings (SSSR count). The molecule has 0 saturated heterocycles. The van der Waals surface area contributed by atoms with Gasteiger partial charge in [-0.05, 0) is 12.1 Å². The number of benzene rings is 1. The number of hydrazine groups is 1. The van der Waals surface area contributed by atoms with Crippen LogP contribution in [0.4, 0.5) is 0 Å². The van der Waals surface area contributed by atoms with Crippen LogP contribution in [0.25, 0.3) is 0 Å². The highest BCUT2D eigenvalue weighted by Crippen LogP contribution is 2.22. The maximum Gasteiger partial charge on any atom is 0.258 e. The van der Waals surface area contributed by atoms with Crippen LogP contribution >= 0.6 is 0 Å². The zero-order chi connectivity index (χ0) is 15.1. The Bertz CT molecular complexity index is 470. The molecule has 1 aromatic carbocycles. The minimum absolute atomic E-state index is 0.226. The van der Waals surface area contributed by atoms with E-state index in [-0.39, 0.29) is 5.56 Å². The molecule has 0 aromatic heterocycles. The van der Waals surface area contributed by atoms with E-state index in [0.29, 0.717) is 11.5 Å². The van der Waals surface area contributed by atoms with E-state index in [2.05, 4.69) is 5.32 Å². The fourth-order valence-corrected chi connectivity index (χ4v) is 1.47. The van der Waals surface area contributed by atoms with Gasteiger partial charge in [0.25, 0.3) is 11.8 Å². The quantitative estimate of drug-likeness (QED) is 0.295. The average Bonchev–Trinajstić information content (AvgIpc) is 2.50. The van der Waals surface area contributed by atoms with Crippen LogP contribution in [0.15, 0.2) is 18.2 Å². The second-order valence-corrected chi connectivity index (χ2v) is 3.82. The highest BCUT2D eigenvalue weighted by atomic mass is 16.5. The van der Waals surface area contributed by atoms with Crippen LogP contribution in [0.3, 0.4) is 0 Å². The van der Waals surface area contributed by atoms with Crippen LogP contribution in [0.2, 0.25) is 0 Å². The van der Waals surface area contributed by atoms with Crippen molar-refractivity contribution in [2.45, 2.75) is 6.04 Å². The molecule has 0 aliphatic carbocycles. The number of amides is 2. The summed E-state index contributed by atoms with van der Waals surface area (Å²) in [6, 6.07) is 3.43. The van der Waals surface area contributed by atoms with Crippen molar-refractivity contribution in [2.24, 2.45) is 5.84 Å². The van der Waals surface area contributed by atoms with Crippen molar-refractivity contribution in [1.82, 2.24) is 10.7 Å². The van der Waals surface area contributed by atoms with Crippen molar-refractivity contribution in [3.8, 4) is 11.5 Å². The van der Waals surface area contributed by atoms with Crippen molar-refractivity contribution in [3.05, 3.63) is 23.8 Å². The maximum atomic E-state index is 12.0. The summed E-state index contributed by atoms with van der Waals surface area (Å²) in [5.74, 6) is 4.55. The molecule has 0 aliphatic rings. The molecule has 20 heavy (non-hydrogen) atoms. The van der Waals surface area contributed by atoms with Crippen molar-refractivity contribution >= 4 is 11.8 Å². The Hall–Kier alpha value is -2.32. The van der Waals surface area contributed by atoms with Crippen LogP contribution in [0.1, 0.15) is 10.4 Å². The molecule has 1 aromatic rings. The minimum Gasteiger partial charge on any atom is -0.497 e. The van der Waals surface area contributed by atoms with Crippen molar-refractivity contribution in [2.75, 3.05) is 20.8 Å². The third kappa shape index (κ3) is 3.84. The standard InChI is InChI=1S/C12H17N3O5/c1-19-8-3-7(4-9(5-8)20-2)11(17)14-10(6-16)12(18)15-13/h3-5,10,16H,6,13H2,1-2H3,(H,14,17)(H,15,18)/t10-/m0/s1. The fraction of sp³-hybridized carbons (Fsp3) is 0.333. The third-order valence-electron chi connectivity index (χ3n) is 2.56. The summed E-state index contributed by atoms with van der Waals surface area (Å²) < 4.78 is 10.1. The van der Waals surface area contributed by atoms with Gasteiger partial charge in [-0.3, -0.25) is 15.0 Å². The van der Waals surface area contributed by atoms with Gasteiger partial charge in [-0.2, -0.15) is 0 Å². The van der Waals surface area contributed by atoms with E-state index in [1.54, 1.807) is 6.07 Å². The smallest absolute Gasteiger partial charge is 0.258 e. The summed E-state index contributed by atoms with van der Waals surface area (Å²) in [4.78, 5) is 23.3. The first-order valence-electron chi connectivity index (χ1n) is 5.71. The van der Waals surface area contributed by atoms with E-state index in [0.717, 1.165) is 0 Å². The van der Waals surface area contributed by atoms with Crippen LogP contribution in [0, 0.1) is 0 Å². The normalized spacial score (nSPS) is 11.4. The van der Waals surface area contributed by atoms with E-state index < -0.39 is 24.5 Å². The largest absolute Gasteiger partial charge is 0.497 e. The Morgan fingerprint density at radius 1 is 1.25 bits per heavy atom. The number of aliphatic hydroxyl groups excluding tert-OH is 1. The maximum absolute atomic E-state index is 12.0. The third-order valence-corrected chi connectivity index (χ3v) is 2.56. The first-order valence-corrected chi connectivity index (χ1v) is 5.71. The van der Waals surface area contributed by atoms with Gasteiger partial charge in [0.15, 0.2) is 0 Å². The molecule has 0 heterocycles. The minimum atomic E-state index is -1.13. The zero-order valence-corrected chi connectivity index (χ0v) is 11.2. The van der Waals surface area contributed by atoms with Gasteiger partial charge in [0, 0.05) is 11.6 Å². The Morgan fingerprint density at radius 2 is 1.80 bits per heavy atom. The summed E-state index contributed by atoms with van der Waals surface area (Å²) in [6.07, 6.45) is 0. The molecule has 8 heteroatoms. The van der Waals surface area contributed by atoms with E-state index in [1.165, 1.54) is 26.4 Å². The highest BCUT2D eigenvalue weighted by Gasteiger charge is 2.20. The number of hydrogen-bond acceptors (Lipinski definition) is 6. The van der Waals surface area contributed by atoms with Gasteiger partial charge in [-0.1, -0.05) is 0 Å². The number of carbonyl (C=O) groups excluding carboxylic acids is 2. The number of nitrogens with one attached hydrogen (secondary N) is 2. The van der Waals surface area contributed by atoms with Gasteiger partial charge in [-0.15, -0.1) is 0 Å². The summed E-state index contributed by atoms with van der Waals surface area (Å²) in [6.45, 7) is -0.574. The van der Waals surface area contributed by atoms with Gasteiger partial charge in [-0.25, -0.2) is 5.84 Å². The molecule has 2 amide bonds. The number of hydrogen-bond donors (Lipinski definition) is 4. The predicted octanol–water partition coefficient (Wildman–Crippen LogP) is -1.22. The zero-order valence-electron chi connectivity index (χ0n) is 11.2. The Labute approximate surface area is 115 Å². The number of nitrogens with two attached hydrogens (primary N) is 1. The van der Waals surface area contributed by atoms with E-state index in [1.807, 2.05) is 5.43 Å². The lowest BCUT2D eigenvalue weighted by molar-refractivity contribution is -0.123. The first-order chi connectivity index (χ1) is 9.55. The second-order valence-electron chi connectivity index (χ2n) is 3.82. The molecule has 1 atom stereocenters. The summed E-state index contributed by atoms with van der Waals surface area (Å²) in [5, 5.41) is 11.4. The highest BCUT2D eigenvalue weighted by molar-refractivity contribution is 5.98. The van der Waals surface area contributed by atoms with Crippen molar-refractivity contribution in [1.29, 1.82) is 0 Å². The summed E-state index contributed by atoms with van der Waals surface area (Å²) in [7, 11) is 2.91. The van der Waals surface area contributed by atoms with E-state index in [9.17, 15) is 9.59 Å². The lowest BCUT2D eigenvalue weighted by atomic mass is 10.1. The molecule has 8 nitrogen and oxygen atoms in total. The molecule has 5 N–H and O–H groups in total. The fourth-order valence-electron chi connectivity index (χ4n) is 1.47. The topological polar surface area (TPSA) is 123 Å². The SMILES string of the molecule is COc1cc(OC)cc(C(=O)N[C@@H](CO)C(=O)NN)c1. The van der Waals surface area contributed by atoms with Gasteiger partial charge in [0.05, 0.1) is 20.8 Å². The number of carbonyl (C=O) groups is 2. The first kappa shape index (κ1) is 15.7. The van der Waals surface area contributed by atoms with Crippen LogP contribution < -0.4 is 26.1 Å². The molecule has 0 bridgehead atoms. The molecular weight excluding hydrogens is 266 g/mol. The lowest BCUT2D eigenvalue weighted by Gasteiger charge is -2.15. The Balaban J connectivity index is 2.93. The van der Waals surface area contributed by atoms with Gasteiger partial charge in [0.1, 0.15) is 17.5 Å². The van der Waals surface area contributed by atoms with Gasteiger partial charge < -0.3 is 19.9 Å². The molecule has 0 saturated carbocycles. The van der Waals surface area contributed by atoms with Gasteiger partial charge >= 0.3 is 0 Å². The number of aliphatic hydroxyl groups is 1. The Morgan fingerprint density at radius 3 is 2.20 bits per heavy atom. The average molecular weight is 283 g/mol. The van der Waals surface area contributed by atoms with Crippen LogP contribution in [-0.2, 0) is 4.79 Å². The molecule has 110 valence electrons. The Kier molecular flexibility index (Phi) is 5.75. The lowest BCUT2D eigenvalue weighted by Crippen LogP contribution is -2.50. The molecule has 0 unspecified atom stereocenters. The molecule has 0 aliphatic heterocycles. The summed E-state index contributed by atoms with van der Waals surface area (Å²) >= 11 is 0. The molecular formula is C12H17N3O5. The number of rotatable bonds is 6. The predicted molar refractivity (Wildman–Crippen MR) is 70.2 cm³/mol. The van der Waals surface area contributed by atoms with Gasteiger partial charge in [0.2, 0.25) is 0 Å². The molecule has 0 fully saturated rings. The van der Waals surface area contributed by atoms with E-state index in [4.69, 9.17) is 20.4 Å². The van der Waals surface area contributed by atoms with Crippen molar-refractivity contribution in [3.63, 3.8) is 0 Å². The molecule has 0 radical (unpaired) electrons. The van der Waals surface area contributed by atoms with Crippen molar-refractivity contribution < 1.29 is 24.2 Å².